The number of ketones is 1. The van der Waals surface area contributed by atoms with E-state index in [0.29, 0.717) is 10.9 Å². The number of methoxy groups -OCH3 is 1. The molecule has 4 aromatic carbocycles. The van der Waals surface area contributed by atoms with Gasteiger partial charge in [0.1, 0.15) is 0 Å². The van der Waals surface area contributed by atoms with E-state index in [0.717, 1.165) is 15.9 Å². The zero-order valence-corrected chi connectivity index (χ0v) is 19.8. The summed E-state index contributed by atoms with van der Waals surface area (Å²) in [5, 5.41) is 3.47. The summed E-state index contributed by atoms with van der Waals surface area (Å²) in [6.45, 7) is -2.68. The van der Waals surface area contributed by atoms with Gasteiger partial charge in [0.2, 0.25) is 0 Å². The van der Waals surface area contributed by atoms with E-state index in [9.17, 15) is 9.59 Å². The van der Waals surface area contributed by atoms with Crippen LogP contribution in [0, 0.1) is 0 Å². The highest BCUT2D eigenvalue weighted by atomic mass is 31.2. The van der Waals surface area contributed by atoms with Crippen molar-refractivity contribution in [3.05, 3.63) is 139 Å². The second kappa shape index (κ2) is 10.8. The average Bonchev–Trinajstić information content (AvgIpc) is 2.92. The maximum atomic E-state index is 13.4. The van der Waals surface area contributed by atoms with E-state index in [1.165, 1.54) is 13.2 Å². The Kier molecular flexibility index (Phi) is 7.37. The third kappa shape index (κ3) is 4.57. The number of hydrogen-bond acceptors (Lipinski definition) is 3. The van der Waals surface area contributed by atoms with Crippen LogP contribution >= 0.6 is 6.89 Å². The lowest BCUT2D eigenvalue weighted by Crippen LogP contribution is -2.33. The lowest BCUT2D eigenvalue weighted by atomic mass is 10.1. The lowest BCUT2D eigenvalue weighted by Gasteiger charge is -2.31. The summed E-state index contributed by atoms with van der Waals surface area (Å²) in [4.78, 5) is 26.4. The molecular weight excluding hydrogens is 439 g/mol. The molecule has 4 rings (SSSR count). The number of carbonyl (C=O) groups is 2. The Morgan fingerprint density at radius 1 is 0.588 bits per heavy atom. The molecule has 0 N–H and O–H groups in total. The molecule has 0 unspecified atom stereocenters. The van der Waals surface area contributed by atoms with Crippen LogP contribution in [0.5, 0.6) is 0 Å². The van der Waals surface area contributed by atoms with Crippen molar-refractivity contribution in [2.75, 3.05) is 7.11 Å². The Morgan fingerprint density at radius 2 is 0.971 bits per heavy atom. The Labute approximate surface area is 200 Å². The van der Waals surface area contributed by atoms with E-state index in [4.69, 9.17) is 4.74 Å². The first-order valence-electron chi connectivity index (χ1n) is 11.0. The van der Waals surface area contributed by atoms with Gasteiger partial charge in [-0.25, -0.2) is 4.79 Å². The topological polar surface area (TPSA) is 43.4 Å². The second-order valence-corrected chi connectivity index (χ2v) is 11.0. The molecule has 34 heavy (non-hydrogen) atoms. The number of carbonyl (C=O) groups excluding carboxylic acids is 2. The van der Waals surface area contributed by atoms with Crippen LogP contribution in [0.3, 0.4) is 0 Å². The fraction of sp³-hybridized carbons (Fsp3) is 0.0333. The summed E-state index contributed by atoms with van der Waals surface area (Å²) in [6, 6.07) is 39.0. The van der Waals surface area contributed by atoms with Crippen LogP contribution in [-0.4, -0.2) is 24.2 Å². The van der Waals surface area contributed by atoms with Crippen LogP contribution < -0.4 is 15.9 Å². The minimum atomic E-state index is -2.68. The normalized spacial score (nSPS) is 11.2. The zero-order chi connectivity index (χ0) is 23.8. The first-order chi connectivity index (χ1) is 16.7. The van der Waals surface area contributed by atoms with Crippen molar-refractivity contribution in [1.29, 1.82) is 0 Å². The van der Waals surface area contributed by atoms with Crippen LogP contribution in [0.25, 0.3) is 0 Å². The largest absolute Gasteiger partial charge is 0.465 e. The van der Waals surface area contributed by atoms with Gasteiger partial charge in [0.25, 0.3) is 0 Å². The molecule has 0 atom stereocenters. The van der Waals surface area contributed by atoms with Crippen LogP contribution in [0.4, 0.5) is 0 Å². The van der Waals surface area contributed by atoms with Crippen molar-refractivity contribution in [2.24, 2.45) is 0 Å². The molecule has 0 heterocycles. The number of allylic oxidation sites excluding steroid dienone is 1. The third-order valence-electron chi connectivity index (χ3n) is 5.64. The van der Waals surface area contributed by atoms with Gasteiger partial charge in [-0.05, 0) is 35.0 Å². The van der Waals surface area contributed by atoms with E-state index in [1.54, 1.807) is 18.2 Å². The maximum absolute atomic E-state index is 13.4. The molecule has 0 aliphatic carbocycles. The number of benzene rings is 4. The summed E-state index contributed by atoms with van der Waals surface area (Å²) in [5.74, 6) is -0.628. The Hall–Kier alpha value is -3.94. The summed E-state index contributed by atoms with van der Waals surface area (Å²) < 4.78 is 5.31. The molecule has 0 radical (unpaired) electrons. The predicted octanol–water partition coefficient (Wildman–Crippen LogP) is 4.77. The molecule has 0 aromatic heterocycles. The van der Waals surface area contributed by atoms with Crippen molar-refractivity contribution < 1.29 is 14.3 Å². The van der Waals surface area contributed by atoms with Crippen molar-refractivity contribution in [2.45, 2.75) is 0 Å². The predicted molar refractivity (Wildman–Crippen MR) is 142 cm³/mol. The highest BCUT2D eigenvalue weighted by molar-refractivity contribution is 7.96. The average molecular weight is 465 g/mol. The quantitative estimate of drug-likeness (QED) is 0.171. The van der Waals surface area contributed by atoms with Gasteiger partial charge >= 0.3 is 5.97 Å². The summed E-state index contributed by atoms with van der Waals surface area (Å²) >= 11 is 0. The molecular formula is C30H25O3P. The molecule has 0 saturated heterocycles. The first-order valence-corrected chi connectivity index (χ1v) is 12.8. The Bertz CT molecular complexity index is 1240. The molecule has 3 nitrogen and oxygen atoms in total. The molecule has 0 fully saturated rings. The third-order valence-corrected chi connectivity index (χ3v) is 9.91. The van der Waals surface area contributed by atoms with Gasteiger partial charge in [-0.3, -0.25) is 4.79 Å². The standard InChI is InChI=1S/C30H25O3P/c1-33-30(32)29(23-22-28(31)24-14-6-2-7-15-24)34(25-16-8-3-9-17-25,26-18-10-4-11-19-26)27-20-12-5-13-21-27/h2-23H,1H3/b23-22+. The number of rotatable bonds is 7. The summed E-state index contributed by atoms with van der Waals surface area (Å²) in [6.07, 6.45) is 3.13. The van der Waals surface area contributed by atoms with Crippen molar-refractivity contribution in [3.63, 3.8) is 0 Å². The zero-order valence-electron chi connectivity index (χ0n) is 18.9. The maximum Gasteiger partial charge on any atom is 0.338 e. The van der Waals surface area contributed by atoms with E-state index < -0.39 is 12.9 Å². The number of hydrogen-bond donors (Lipinski definition) is 0. The van der Waals surface area contributed by atoms with Gasteiger partial charge in [-0.15, -0.1) is 0 Å². The molecule has 0 amide bonds. The van der Waals surface area contributed by atoms with E-state index >= 15 is 0 Å². The number of esters is 1. The second-order valence-electron chi connectivity index (χ2n) is 7.62. The monoisotopic (exact) mass is 464 g/mol. The molecule has 0 bridgehead atoms. The van der Waals surface area contributed by atoms with Gasteiger partial charge in [0.05, 0.1) is 12.4 Å². The van der Waals surface area contributed by atoms with Gasteiger partial charge in [0, 0.05) is 5.56 Å². The lowest BCUT2D eigenvalue weighted by molar-refractivity contribution is -0.132. The van der Waals surface area contributed by atoms with Crippen LogP contribution in [0.1, 0.15) is 10.4 Å². The molecule has 4 aromatic rings. The molecule has 168 valence electrons. The van der Waals surface area contributed by atoms with Crippen molar-refractivity contribution in [1.82, 2.24) is 0 Å². The molecule has 0 saturated carbocycles. The summed E-state index contributed by atoms with van der Waals surface area (Å²) in [5.41, 5.74) is 0.561. The molecule has 4 heteroatoms. The van der Waals surface area contributed by atoms with E-state index in [-0.39, 0.29) is 5.78 Å². The van der Waals surface area contributed by atoms with Crippen LogP contribution in [0.15, 0.2) is 133 Å². The van der Waals surface area contributed by atoms with Crippen LogP contribution in [-0.2, 0) is 9.53 Å². The molecule has 0 spiro atoms. The Balaban J connectivity index is 2.12. The van der Waals surface area contributed by atoms with Gasteiger partial charge in [0.15, 0.2) is 5.78 Å². The highest BCUT2D eigenvalue weighted by Crippen LogP contribution is 2.46. The Morgan fingerprint density at radius 3 is 1.35 bits per heavy atom. The van der Waals surface area contributed by atoms with Gasteiger partial charge < -0.3 is 4.74 Å². The minimum absolute atomic E-state index is 0.172. The SMILES string of the molecule is COC(=O)C(/C=C/C(=O)c1ccccc1)=P(c1ccccc1)(c1ccccc1)c1ccccc1. The van der Waals surface area contributed by atoms with E-state index in [2.05, 4.69) is 0 Å². The molecule has 0 aliphatic heterocycles. The summed E-state index contributed by atoms with van der Waals surface area (Å²) in [7, 11) is 1.38. The first kappa shape index (κ1) is 23.2. The number of ether oxygens (including phenoxy) is 1. The fourth-order valence-corrected chi connectivity index (χ4v) is 8.34. The fourth-order valence-electron chi connectivity index (χ4n) is 4.09. The van der Waals surface area contributed by atoms with Crippen LogP contribution in [0.2, 0.25) is 0 Å². The van der Waals surface area contributed by atoms with Crippen molar-refractivity contribution >= 4 is 39.8 Å². The van der Waals surface area contributed by atoms with Gasteiger partial charge in [-0.1, -0.05) is 121 Å². The highest BCUT2D eigenvalue weighted by Gasteiger charge is 2.32. The minimum Gasteiger partial charge on any atom is -0.465 e. The van der Waals surface area contributed by atoms with Gasteiger partial charge in [-0.2, -0.15) is 0 Å². The molecule has 0 aliphatic rings. The smallest absolute Gasteiger partial charge is 0.338 e. The van der Waals surface area contributed by atoms with E-state index in [1.807, 2.05) is 109 Å². The van der Waals surface area contributed by atoms with Crippen molar-refractivity contribution in [3.8, 4) is 0 Å².